The number of hydrogen-bond acceptors (Lipinski definition) is 4. The zero-order valence-corrected chi connectivity index (χ0v) is 13.7. The Bertz CT molecular complexity index is 697. The lowest BCUT2D eigenvalue weighted by molar-refractivity contribution is -0.147. The van der Waals surface area contributed by atoms with Crippen molar-refractivity contribution in [3.63, 3.8) is 0 Å². The Morgan fingerprint density at radius 2 is 2.26 bits per heavy atom. The largest absolute Gasteiger partial charge is 0.480 e. The Hall–Kier alpha value is -2.02. The van der Waals surface area contributed by atoms with Crippen LogP contribution in [-0.4, -0.2) is 50.2 Å². The summed E-state index contributed by atoms with van der Waals surface area (Å²) in [5.41, 5.74) is 1.89. The molecule has 0 aliphatic carbocycles. The molecule has 2 N–H and O–H groups in total. The normalized spacial score (nSPS) is 19.2. The maximum Gasteiger partial charge on any atom is 0.326 e. The van der Waals surface area contributed by atoms with E-state index < -0.39 is 12.0 Å². The molecule has 2 heterocycles. The fourth-order valence-electron chi connectivity index (χ4n) is 2.85. The Kier molecular flexibility index (Phi) is 4.56. The Morgan fingerprint density at radius 3 is 3.00 bits per heavy atom. The topological polar surface area (TPSA) is 86.3 Å². The number of carbonyl (C=O) groups is 2. The SMILES string of the molecule is CC(SCC(=O)N1CCCC1C(=O)O)c1nc2ccccc2[nH]1. The number of aliphatic carboxylic acids is 1. The van der Waals surface area contributed by atoms with E-state index in [0.29, 0.717) is 13.0 Å². The van der Waals surface area contributed by atoms with Gasteiger partial charge in [-0.2, -0.15) is 0 Å². The minimum Gasteiger partial charge on any atom is -0.480 e. The molecule has 1 saturated heterocycles. The van der Waals surface area contributed by atoms with E-state index in [1.807, 2.05) is 31.2 Å². The van der Waals surface area contributed by atoms with Crippen LogP contribution in [0.2, 0.25) is 0 Å². The zero-order chi connectivity index (χ0) is 16.4. The molecule has 3 rings (SSSR count). The average Bonchev–Trinajstić information content (AvgIpc) is 3.18. The number of carboxylic acid groups (broad SMARTS) is 1. The molecule has 0 radical (unpaired) electrons. The van der Waals surface area contributed by atoms with Crippen LogP contribution in [0.25, 0.3) is 11.0 Å². The van der Waals surface area contributed by atoms with Crippen LogP contribution in [0.5, 0.6) is 0 Å². The molecule has 0 bridgehead atoms. The maximum absolute atomic E-state index is 12.3. The maximum atomic E-state index is 12.3. The van der Waals surface area contributed by atoms with E-state index in [4.69, 9.17) is 5.11 Å². The first-order chi connectivity index (χ1) is 11.1. The number of para-hydroxylation sites is 2. The second kappa shape index (κ2) is 6.62. The van der Waals surface area contributed by atoms with Gasteiger partial charge in [0.05, 0.1) is 22.0 Å². The van der Waals surface area contributed by atoms with Crippen molar-refractivity contribution >= 4 is 34.7 Å². The number of imidazole rings is 1. The highest BCUT2D eigenvalue weighted by Crippen LogP contribution is 2.29. The molecule has 2 unspecified atom stereocenters. The van der Waals surface area contributed by atoms with Crippen molar-refractivity contribution in [1.82, 2.24) is 14.9 Å². The second-order valence-electron chi connectivity index (χ2n) is 5.68. The van der Waals surface area contributed by atoms with Gasteiger partial charge in [0.2, 0.25) is 5.91 Å². The van der Waals surface area contributed by atoms with Gasteiger partial charge in [0, 0.05) is 6.54 Å². The van der Waals surface area contributed by atoms with Crippen molar-refractivity contribution in [2.45, 2.75) is 31.1 Å². The van der Waals surface area contributed by atoms with E-state index in [0.717, 1.165) is 23.3 Å². The van der Waals surface area contributed by atoms with Gasteiger partial charge in [0.15, 0.2) is 0 Å². The van der Waals surface area contributed by atoms with E-state index in [-0.39, 0.29) is 16.9 Å². The molecule has 7 heteroatoms. The Balaban J connectivity index is 1.61. The Morgan fingerprint density at radius 1 is 1.48 bits per heavy atom. The summed E-state index contributed by atoms with van der Waals surface area (Å²) in [6.07, 6.45) is 1.30. The molecule has 0 saturated carbocycles. The number of aromatic amines is 1. The van der Waals surface area contributed by atoms with Crippen molar-refractivity contribution < 1.29 is 14.7 Å². The molecule has 1 amide bonds. The van der Waals surface area contributed by atoms with Crippen molar-refractivity contribution in [2.75, 3.05) is 12.3 Å². The van der Waals surface area contributed by atoms with Gasteiger partial charge in [-0.15, -0.1) is 11.8 Å². The number of amides is 1. The average molecular weight is 333 g/mol. The predicted molar refractivity (Wildman–Crippen MR) is 89.3 cm³/mol. The number of aromatic nitrogens is 2. The predicted octanol–water partition coefficient (Wildman–Crippen LogP) is 2.43. The van der Waals surface area contributed by atoms with Crippen LogP contribution in [0.1, 0.15) is 30.8 Å². The third kappa shape index (κ3) is 3.34. The highest BCUT2D eigenvalue weighted by atomic mass is 32.2. The van der Waals surface area contributed by atoms with Crippen LogP contribution in [0.4, 0.5) is 0 Å². The molecule has 2 atom stereocenters. The van der Waals surface area contributed by atoms with Crippen LogP contribution in [0.15, 0.2) is 24.3 Å². The van der Waals surface area contributed by atoms with Crippen LogP contribution in [-0.2, 0) is 9.59 Å². The van der Waals surface area contributed by atoms with Crippen molar-refractivity contribution in [3.8, 4) is 0 Å². The molecule has 6 nitrogen and oxygen atoms in total. The molecule has 1 aromatic carbocycles. The summed E-state index contributed by atoms with van der Waals surface area (Å²) >= 11 is 1.48. The number of hydrogen-bond donors (Lipinski definition) is 2. The van der Waals surface area contributed by atoms with Gasteiger partial charge in [0.25, 0.3) is 0 Å². The van der Waals surface area contributed by atoms with Crippen LogP contribution < -0.4 is 0 Å². The standard InChI is InChI=1S/C16H19N3O3S/c1-10(15-17-11-5-2-3-6-12(11)18-15)23-9-14(20)19-8-4-7-13(19)16(21)22/h2-3,5-6,10,13H,4,7-9H2,1H3,(H,17,18)(H,21,22). The highest BCUT2D eigenvalue weighted by molar-refractivity contribution is 8.00. The Labute approximate surface area is 138 Å². The quantitative estimate of drug-likeness (QED) is 0.877. The van der Waals surface area contributed by atoms with Crippen LogP contribution in [0, 0.1) is 0 Å². The molecule has 122 valence electrons. The third-order valence-electron chi connectivity index (χ3n) is 4.11. The summed E-state index contributed by atoms with van der Waals surface area (Å²) in [4.78, 5) is 32.7. The van der Waals surface area contributed by atoms with Gasteiger partial charge in [-0.3, -0.25) is 4.79 Å². The number of rotatable bonds is 5. The van der Waals surface area contributed by atoms with Gasteiger partial charge in [0.1, 0.15) is 11.9 Å². The molecule has 0 spiro atoms. The second-order valence-corrected chi connectivity index (χ2v) is 7.00. The number of fused-ring (bicyclic) bond motifs is 1. The molecule has 1 aromatic heterocycles. The summed E-state index contributed by atoms with van der Waals surface area (Å²) < 4.78 is 0. The minimum atomic E-state index is -0.911. The number of likely N-dealkylation sites (tertiary alicyclic amines) is 1. The minimum absolute atomic E-state index is 0.0391. The van der Waals surface area contributed by atoms with E-state index in [2.05, 4.69) is 9.97 Å². The molecule has 2 aromatic rings. The zero-order valence-electron chi connectivity index (χ0n) is 12.9. The summed E-state index contributed by atoms with van der Waals surface area (Å²) in [5.74, 6) is 0.0800. The van der Waals surface area contributed by atoms with Crippen LogP contribution in [0.3, 0.4) is 0 Å². The van der Waals surface area contributed by atoms with Gasteiger partial charge < -0.3 is 15.0 Å². The number of nitrogens with one attached hydrogen (secondary N) is 1. The highest BCUT2D eigenvalue weighted by Gasteiger charge is 2.33. The van der Waals surface area contributed by atoms with E-state index >= 15 is 0 Å². The lowest BCUT2D eigenvalue weighted by atomic mass is 10.2. The fourth-order valence-corrected chi connectivity index (χ4v) is 3.67. The first kappa shape index (κ1) is 15.9. The van der Waals surface area contributed by atoms with E-state index in [9.17, 15) is 9.59 Å². The van der Waals surface area contributed by atoms with Crippen LogP contribution >= 0.6 is 11.8 Å². The summed E-state index contributed by atoms with van der Waals surface area (Å²) in [6, 6.07) is 7.14. The lowest BCUT2D eigenvalue weighted by Gasteiger charge is -2.21. The van der Waals surface area contributed by atoms with Crippen molar-refractivity contribution in [2.24, 2.45) is 0 Å². The van der Waals surface area contributed by atoms with Gasteiger partial charge in [-0.1, -0.05) is 12.1 Å². The first-order valence-electron chi connectivity index (χ1n) is 7.65. The lowest BCUT2D eigenvalue weighted by Crippen LogP contribution is -2.41. The number of nitrogens with zero attached hydrogens (tertiary/aromatic N) is 2. The molecule has 1 fully saturated rings. The van der Waals surface area contributed by atoms with Gasteiger partial charge >= 0.3 is 5.97 Å². The number of carboxylic acids is 1. The van der Waals surface area contributed by atoms with Gasteiger partial charge in [-0.05, 0) is 31.9 Å². The van der Waals surface area contributed by atoms with Crippen molar-refractivity contribution in [3.05, 3.63) is 30.1 Å². The first-order valence-corrected chi connectivity index (χ1v) is 8.69. The fraction of sp³-hybridized carbons (Fsp3) is 0.438. The van der Waals surface area contributed by atoms with Crippen molar-refractivity contribution in [1.29, 1.82) is 0 Å². The molecular weight excluding hydrogens is 314 g/mol. The number of H-pyrrole nitrogens is 1. The molecule has 1 aliphatic heterocycles. The van der Waals surface area contributed by atoms with Gasteiger partial charge in [-0.25, -0.2) is 9.78 Å². The summed E-state index contributed by atoms with van der Waals surface area (Å²) in [7, 11) is 0. The third-order valence-corrected chi connectivity index (χ3v) is 5.24. The summed E-state index contributed by atoms with van der Waals surface area (Å²) in [6.45, 7) is 2.53. The molecular formula is C16H19N3O3S. The number of benzene rings is 1. The number of thioether (sulfide) groups is 1. The smallest absolute Gasteiger partial charge is 0.326 e. The number of carbonyl (C=O) groups excluding carboxylic acids is 1. The van der Waals surface area contributed by atoms with E-state index in [1.54, 1.807) is 0 Å². The molecule has 1 aliphatic rings. The summed E-state index contributed by atoms with van der Waals surface area (Å²) in [5, 5.41) is 9.19. The monoisotopic (exact) mass is 333 g/mol. The van der Waals surface area contributed by atoms with E-state index in [1.165, 1.54) is 16.7 Å². The molecule has 23 heavy (non-hydrogen) atoms.